The summed E-state index contributed by atoms with van der Waals surface area (Å²) < 4.78 is 21.0. The Hall–Kier alpha value is -4.08. The van der Waals surface area contributed by atoms with Crippen LogP contribution in [0.2, 0.25) is 0 Å². The number of halogens is 1. The normalized spacial score (nSPS) is 15.1. The van der Waals surface area contributed by atoms with E-state index in [4.69, 9.17) is 19.9 Å². The quantitative estimate of drug-likeness (QED) is 0.263. The number of aliphatic carboxylic acids is 1. The molecule has 0 spiro atoms. The van der Waals surface area contributed by atoms with Crippen molar-refractivity contribution in [2.45, 2.75) is 50.7 Å². The van der Waals surface area contributed by atoms with Crippen molar-refractivity contribution in [3.05, 3.63) is 77.4 Å². The molecule has 3 N–H and O–H groups in total. The number of aliphatic hydroxyl groups excluding tert-OH is 2. The lowest BCUT2D eigenvalue weighted by Gasteiger charge is -2.16. The zero-order chi connectivity index (χ0) is 27.7. The summed E-state index contributed by atoms with van der Waals surface area (Å²) in [6.07, 6.45) is 2.47. The minimum Gasteiger partial charge on any atom is -0.497 e. The van der Waals surface area contributed by atoms with Crippen molar-refractivity contribution in [2.75, 3.05) is 7.11 Å². The standard InChI is InChI=1S/C30H30FN3O5/c1-17-27-28(18-5-7-20(31)8-6-18)25(14-11-22(35)15-23(36)16-26(37)38)29(19-3-4-19)32-30(27)34(33-17)21-9-12-24(39-2)13-10-21/h5-14,19,22-23,35-36H,3-4,15-16H2,1-2H3,(H,37,38)/b14-11+. The van der Waals surface area contributed by atoms with Crippen LogP contribution in [0.4, 0.5) is 4.39 Å². The molecule has 39 heavy (non-hydrogen) atoms. The molecule has 1 aliphatic carbocycles. The van der Waals surface area contributed by atoms with Crippen LogP contribution >= 0.6 is 0 Å². The number of carboxylic acids is 1. The summed E-state index contributed by atoms with van der Waals surface area (Å²) in [5.74, 6) is -0.531. The SMILES string of the molecule is COc1ccc(-n2nc(C)c3c(-c4ccc(F)cc4)c(/C=C/C(O)CC(O)CC(=O)O)c(C4CC4)nc32)cc1. The van der Waals surface area contributed by atoms with E-state index < -0.39 is 24.6 Å². The number of benzene rings is 2. The van der Waals surface area contributed by atoms with Gasteiger partial charge in [-0.2, -0.15) is 5.10 Å². The minimum atomic E-state index is -1.17. The zero-order valence-electron chi connectivity index (χ0n) is 21.7. The third-order valence-corrected chi connectivity index (χ3v) is 6.88. The number of aryl methyl sites for hydroxylation is 1. The number of hydrogen-bond donors (Lipinski definition) is 3. The Morgan fingerprint density at radius 3 is 2.46 bits per heavy atom. The highest BCUT2D eigenvalue weighted by atomic mass is 19.1. The van der Waals surface area contributed by atoms with Gasteiger partial charge in [-0.1, -0.05) is 24.3 Å². The second-order valence-corrected chi connectivity index (χ2v) is 9.87. The smallest absolute Gasteiger partial charge is 0.305 e. The average Bonchev–Trinajstić information content (AvgIpc) is 3.70. The number of pyridine rings is 1. The molecule has 0 aliphatic heterocycles. The maximum Gasteiger partial charge on any atom is 0.305 e. The Labute approximate surface area is 225 Å². The molecule has 4 aromatic rings. The van der Waals surface area contributed by atoms with Crippen molar-refractivity contribution in [3.63, 3.8) is 0 Å². The monoisotopic (exact) mass is 531 g/mol. The van der Waals surface area contributed by atoms with E-state index in [0.29, 0.717) is 5.65 Å². The molecule has 2 heterocycles. The first-order chi connectivity index (χ1) is 18.7. The van der Waals surface area contributed by atoms with Crippen LogP contribution in [0, 0.1) is 12.7 Å². The largest absolute Gasteiger partial charge is 0.497 e. The van der Waals surface area contributed by atoms with E-state index in [1.165, 1.54) is 12.1 Å². The van der Waals surface area contributed by atoms with Gasteiger partial charge < -0.3 is 20.1 Å². The molecule has 8 nitrogen and oxygen atoms in total. The van der Waals surface area contributed by atoms with Gasteiger partial charge in [-0.3, -0.25) is 4.79 Å². The third-order valence-electron chi connectivity index (χ3n) is 6.88. The molecule has 2 atom stereocenters. The molecule has 1 saturated carbocycles. The van der Waals surface area contributed by atoms with E-state index in [0.717, 1.165) is 57.7 Å². The highest BCUT2D eigenvalue weighted by molar-refractivity contribution is 6.00. The van der Waals surface area contributed by atoms with Crippen LogP contribution < -0.4 is 4.74 Å². The predicted octanol–water partition coefficient (Wildman–Crippen LogP) is 5.02. The lowest BCUT2D eigenvalue weighted by Crippen LogP contribution is -2.19. The van der Waals surface area contributed by atoms with Crippen LogP contribution in [-0.4, -0.2) is 55.4 Å². The Morgan fingerprint density at radius 1 is 1.15 bits per heavy atom. The number of aromatic nitrogens is 3. The van der Waals surface area contributed by atoms with Crippen molar-refractivity contribution < 1.29 is 29.2 Å². The maximum atomic E-state index is 13.9. The molecule has 0 radical (unpaired) electrons. The number of rotatable bonds is 10. The van der Waals surface area contributed by atoms with Crippen molar-refractivity contribution >= 4 is 23.1 Å². The van der Waals surface area contributed by atoms with E-state index in [2.05, 4.69) is 0 Å². The lowest BCUT2D eigenvalue weighted by molar-refractivity contribution is -0.139. The predicted molar refractivity (Wildman–Crippen MR) is 145 cm³/mol. The molecular formula is C30H30FN3O5. The fourth-order valence-corrected chi connectivity index (χ4v) is 4.85. The Bertz CT molecular complexity index is 1530. The van der Waals surface area contributed by atoms with Crippen LogP contribution in [0.3, 0.4) is 0 Å². The molecule has 2 aromatic heterocycles. The number of nitrogens with zero attached hydrogens (tertiary/aromatic N) is 3. The second-order valence-electron chi connectivity index (χ2n) is 9.87. The Kier molecular flexibility index (Phi) is 7.45. The second kappa shape index (κ2) is 11.0. The molecule has 202 valence electrons. The number of fused-ring (bicyclic) bond motifs is 1. The van der Waals surface area contributed by atoms with Gasteiger partial charge in [0.15, 0.2) is 5.65 Å². The van der Waals surface area contributed by atoms with Crippen LogP contribution in [-0.2, 0) is 4.79 Å². The van der Waals surface area contributed by atoms with Gasteiger partial charge >= 0.3 is 5.97 Å². The Balaban J connectivity index is 1.69. The first-order valence-corrected chi connectivity index (χ1v) is 12.8. The average molecular weight is 532 g/mol. The zero-order valence-corrected chi connectivity index (χ0v) is 21.7. The van der Waals surface area contributed by atoms with Crippen LogP contribution in [0.15, 0.2) is 54.6 Å². The fourth-order valence-electron chi connectivity index (χ4n) is 4.85. The van der Waals surface area contributed by atoms with Crippen molar-refractivity contribution in [1.29, 1.82) is 0 Å². The first kappa shape index (κ1) is 26.5. The number of carbonyl (C=O) groups is 1. The van der Waals surface area contributed by atoms with E-state index in [1.54, 1.807) is 36.1 Å². The lowest BCUT2D eigenvalue weighted by atomic mass is 9.92. The van der Waals surface area contributed by atoms with E-state index in [1.807, 2.05) is 31.2 Å². The summed E-state index contributed by atoms with van der Waals surface area (Å²) in [4.78, 5) is 16.0. The Morgan fingerprint density at radius 2 is 1.85 bits per heavy atom. The van der Waals surface area contributed by atoms with E-state index >= 15 is 0 Å². The van der Waals surface area contributed by atoms with Gasteiger partial charge in [0.1, 0.15) is 11.6 Å². The molecular weight excluding hydrogens is 501 g/mol. The number of methoxy groups -OCH3 is 1. The fraction of sp³-hybridized carbons (Fsp3) is 0.300. The van der Waals surface area contributed by atoms with Crippen LogP contribution in [0.1, 0.15) is 48.6 Å². The number of ether oxygens (including phenoxy) is 1. The molecule has 5 rings (SSSR count). The molecule has 0 bridgehead atoms. The maximum absolute atomic E-state index is 13.9. The molecule has 1 fully saturated rings. The van der Waals surface area contributed by atoms with Gasteiger partial charge in [-0.05, 0) is 61.7 Å². The summed E-state index contributed by atoms with van der Waals surface area (Å²) in [7, 11) is 1.61. The number of carboxylic acid groups (broad SMARTS) is 1. The summed E-state index contributed by atoms with van der Waals surface area (Å²) in [5.41, 5.74) is 5.48. The van der Waals surface area contributed by atoms with Gasteiger partial charge in [-0.15, -0.1) is 0 Å². The van der Waals surface area contributed by atoms with Gasteiger partial charge in [0.2, 0.25) is 0 Å². The summed E-state index contributed by atoms with van der Waals surface area (Å²) in [5, 5.41) is 35.1. The number of hydrogen-bond acceptors (Lipinski definition) is 6. The summed E-state index contributed by atoms with van der Waals surface area (Å²) in [6, 6.07) is 13.8. The third kappa shape index (κ3) is 5.69. The van der Waals surface area contributed by atoms with E-state index in [9.17, 15) is 19.4 Å². The molecule has 0 saturated heterocycles. The molecule has 2 unspecified atom stereocenters. The topological polar surface area (TPSA) is 118 Å². The molecule has 0 amide bonds. The minimum absolute atomic E-state index is 0.114. The van der Waals surface area contributed by atoms with Gasteiger partial charge in [-0.25, -0.2) is 14.1 Å². The molecule has 1 aliphatic rings. The van der Waals surface area contributed by atoms with Gasteiger partial charge in [0.05, 0.1) is 48.2 Å². The van der Waals surface area contributed by atoms with E-state index in [-0.39, 0.29) is 18.2 Å². The highest BCUT2D eigenvalue weighted by Gasteiger charge is 2.31. The first-order valence-electron chi connectivity index (χ1n) is 12.8. The van der Waals surface area contributed by atoms with Crippen LogP contribution in [0.5, 0.6) is 5.75 Å². The molecule has 2 aromatic carbocycles. The van der Waals surface area contributed by atoms with Gasteiger partial charge in [0.25, 0.3) is 0 Å². The summed E-state index contributed by atoms with van der Waals surface area (Å²) in [6.45, 7) is 1.90. The van der Waals surface area contributed by atoms with Crippen molar-refractivity contribution in [3.8, 4) is 22.6 Å². The van der Waals surface area contributed by atoms with Crippen molar-refractivity contribution in [2.24, 2.45) is 0 Å². The van der Waals surface area contributed by atoms with Gasteiger partial charge in [0, 0.05) is 23.5 Å². The molecule has 9 heteroatoms. The van der Waals surface area contributed by atoms with Crippen LogP contribution in [0.25, 0.3) is 33.9 Å². The highest BCUT2D eigenvalue weighted by Crippen LogP contribution is 2.46. The summed E-state index contributed by atoms with van der Waals surface area (Å²) >= 11 is 0. The van der Waals surface area contributed by atoms with Crippen molar-refractivity contribution in [1.82, 2.24) is 14.8 Å². The number of aliphatic hydroxyl groups is 2.